The van der Waals surface area contributed by atoms with Gasteiger partial charge in [0.15, 0.2) is 0 Å². The summed E-state index contributed by atoms with van der Waals surface area (Å²) in [4.78, 5) is 0. The van der Waals surface area contributed by atoms with E-state index in [0.29, 0.717) is 6.04 Å². The summed E-state index contributed by atoms with van der Waals surface area (Å²) in [7, 11) is 0. The van der Waals surface area contributed by atoms with Crippen LogP contribution >= 0.6 is 0 Å². The first kappa shape index (κ1) is 11.3. The minimum atomic E-state index is -0.186. The normalized spacial score (nSPS) is 18.2. The van der Waals surface area contributed by atoms with Gasteiger partial charge in [-0.05, 0) is 54.7 Å². The van der Waals surface area contributed by atoms with Crippen LogP contribution in [0.4, 0.5) is 10.1 Å². The zero-order chi connectivity index (χ0) is 12.4. The number of rotatable bonds is 2. The highest BCUT2D eigenvalue weighted by molar-refractivity contribution is 5.45. The fraction of sp³-hybridized carbons (Fsp3) is 0.250. The molecule has 0 saturated heterocycles. The van der Waals surface area contributed by atoms with Crippen LogP contribution in [-0.2, 0) is 12.8 Å². The van der Waals surface area contributed by atoms with E-state index in [4.69, 9.17) is 0 Å². The monoisotopic (exact) mass is 241 g/mol. The Morgan fingerprint density at radius 1 is 0.944 bits per heavy atom. The van der Waals surface area contributed by atoms with Gasteiger partial charge in [0.05, 0.1) is 0 Å². The molecule has 2 aromatic rings. The zero-order valence-corrected chi connectivity index (χ0v) is 10.2. The third kappa shape index (κ3) is 2.37. The Balaban J connectivity index is 1.71. The van der Waals surface area contributed by atoms with Crippen LogP contribution in [0.3, 0.4) is 0 Å². The highest BCUT2D eigenvalue weighted by Gasteiger charge is 2.17. The lowest BCUT2D eigenvalue weighted by atomic mass is 9.88. The number of fused-ring (bicyclic) bond motifs is 1. The van der Waals surface area contributed by atoms with Crippen molar-refractivity contribution in [1.82, 2.24) is 0 Å². The molecule has 1 atom stereocenters. The van der Waals surface area contributed by atoms with Crippen LogP contribution in [0, 0.1) is 5.82 Å². The Bertz CT molecular complexity index is 533. The molecule has 0 radical (unpaired) electrons. The predicted molar refractivity (Wildman–Crippen MR) is 72.3 cm³/mol. The molecule has 2 heteroatoms. The average Bonchev–Trinajstić information content (AvgIpc) is 2.41. The summed E-state index contributed by atoms with van der Waals surface area (Å²) in [5, 5.41) is 3.48. The van der Waals surface area contributed by atoms with Gasteiger partial charge in [0, 0.05) is 11.7 Å². The van der Waals surface area contributed by atoms with Gasteiger partial charge in [0.25, 0.3) is 0 Å². The second-order valence-corrected chi connectivity index (χ2v) is 4.86. The highest BCUT2D eigenvalue weighted by Crippen LogP contribution is 2.23. The first-order valence-electron chi connectivity index (χ1n) is 6.40. The maximum Gasteiger partial charge on any atom is 0.123 e. The summed E-state index contributed by atoms with van der Waals surface area (Å²) in [5.74, 6) is -0.186. The molecule has 3 rings (SSSR count). The number of anilines is 1. The fourth-order valence-corrected chi connectivity index (χ4v) is 2.60. The molecule has 0 saturated carbocycles. The summed E-state index contributed by atoms with van der Waals surface area (Å²) in [5.41, 5.74) is 3.90. The first-order valence-corrected chi connectivity index (χ1v) is 6.40. The predicted octanol–water partition coefficient (Wildman–Crippen LogP) is 3.80. The quantitative estimate of drug-likeness (QED) is 0.843. The van der Waals surface area contributed by atoms with E-state index in [-0.39, 0.29) is 5.82 Å². The van der Waals surface area contributed by atoms with Gasteiger partial charge < -0.3 is 5.32 Å². The van der Waals surface area contributed by atoms with Gasteiger partial charge in [-0.25, -0.2) is 4.39 Å². The second kappa shape index (κ2) is 4.81. The maximum atomic E-state index is 12.8. The van der Waals surface area contributed by atoms with Crippen LogP contribution in [0.15, 0.2) is 48.5 Å². The molecule has 0 amide bonds. The van der Waals surface area contributed by atoms with Crippen LogP contribution in [0.2, 0.25) is 0 Å². The van der Waals surface area contributed by atoms with E-state index in [1.54, 1.807) is 12.1 Å². The van der Waals surface area contributed by atoms with Gasteiger partial charge >= 0.3 is 0 Å². The number of nitrogens with one attached hydrogen (secondary N) is 1. The molecule has 0 heterocycles. The molecule has 1 nitrogen and oxygen atoms in total. The van der Waals surface area contributed by atoms with Gasteiger partial charge in [0.2, 0.25) is 0 Å². The molecular formula is C16H16FN. The van der Waals surface area contributed by atoms with Crippen LogP contribution in [-0.4, -0.2) is 6.04 Å². The Labute approximate surface area is 107 Å². The van der Waals surface area contributed by atoms with Gasteiger partial charge in [-0.15, -0.1) is 0 Å². The molecule has 18 heavy (non-hydrogen) atoms. The Hall–Kier alpha value is -1.83. The standard InChI is InChI=1S/C16H16FN/c17-14-6-9-15(10-7-14)18-16-8-5-12-3-1-2-4-13(12)11-16/h1-4,6-7,9-10,16,18H,5,8,11H2. The van der Waals surface area contributed by atoms with Crippen LogP contribution in [0.1, 0.15) is 17.5 Å². The van der Waals surface area contributed by atoms with Crippen molar-refractivity contribution in [2.45, 2.75) is 25.3 Å². The van der Waals surface area contributed by atoms with Crippen molar-refractivity contribution in [3.05, 3.63) is 65.5 Å². The van der Waals surface area contributed by atoms with Crippen molar-refractivity contribution in [2.24, 2.45) is 0 Å². The van der Waals surface area contributed by atoms with Crippen molar-refractivity contribution >= 4 is 5.69 Å². The molecule has 1 aliphatic rings. The number of hydrogen-bond acceptors (Lipinski definition) is 1. The number of halogens is 1. The fourth-order valence-electron chi connectivity index (χ4n) is 2.60. The Morgan fingerprint density at radius 3 is 2.44 bits per heavy atom. The molecule has 0 spiro atoms. The molecule has 2 aromatic carbocycles. The van der Waals surface area contributed by atoms with Crippen molar-refractivity contribution in [1.29, 1.82) is 0 Å². The smallest absolute Gasteiger partial charge is 0.123 e. The molecule has 1 N–H and O–H groups in total. The van der Waals surface area contributed by atoms with Crippen LogP contribution in [0.25, 0.3) is 0 Å². The van der Waals surface area contributed by atoms with Gasteiger partial charge in [-0.1, -0.05) is 24.3 Å². The van der Waals surface area contributed by atoms with E-state index in [1.165, 1.54) is 23.3 Å². The summed E-state index contributed by atoms with van der Waals surface area (Å²) >= 11 is 0. The topological polar surface area (TPSA) is 12.0 Å². The maximum absolute atomic E-state index is 12.8. The lowest BCUT2D eigenvalue weighted by Gasteiger charge is -2.26. The van der Waals surface area contributed by atoms with E-state index >= 15 is 0 Å². The van der Waals surface area contributed by atoms with Crippen molar-refractivity contribution in [3.8, 4) is 0 Å². The number of hydrogen-bond donors (Lipinski definition) is 1. The third-order valence-corrected chi connectivity index (χ3v) is 3.56. The molecule has 0 aliphatic heterocycles. The molecule has 1 unspecified atom stereocenters. The summed E-state index contributed by atoms with van der Waals surface area (Å²) in [6, 6.07) is 15.7. The van der Waals surface area contributed by atoms with E-state index < -0.39 is 0 Å². The molecule has 0 aromatic heterocycles. The van der Waals surface area contributed by atoms with Gasteiger partial charge in [0.1, 0.15) is 5.82 Å². The number of aryl methyl sites for hydroxylation is 1. The summed E-state index contributed by atoms with van der Waals surface area (Å²) in [6.07, 6.45) is 3.30. The van der Waals surface area contributed by atoms with Crippen molar-refractivity contribution < 1.29 is 4.39 Å². The minimum absolute atomic E-state index is 0.186. The van der Waals surface area contributed by atoms with Gasteiger partial charge in [-0.2, -0.15) is 0 Å². The molecule has 0 fully saturated rings. The largest absolute Gasteiger partial charge is 0.382 e. The van der Waals surface area contributed by atoms with Crippen molar-refractivity contribution in [2.75, 3.05) is 5.32 Å². The molecule has 92 valence electrons. The molecule has 1 aliphatic carbocycles. The highest BCUT2D eigenvalue weighted by atomic mass is 19.1. The summed E-state index contributed by atoms with van der Waals surface area (Å²) < 4.78 is 12.8. The SMILES string of the molecule is Fc1ccc(NC2CCc3ccccc3C2)cc1. The van der Waals surface area contributed by atoms with Crippen LogP contribution < -0.4 is 5.32 Å². The van der Waals surface area contributed by atoms with E-state index in [1.807, 2.05) is 0 Å². The van der Waals surface area contributed by atoms with Crippen LogP contribution in [0.5, 0.6) is 0 Å². The lowest BCUT2D eigenvalue weighted by molar-refractivity contribution is 0.609. The van der Waals surface area contributed by atoms with Crippen molar-refractivity contribution in [3.63, 3.8) is 0 Å². The third-order valence-electron chi connectivity index (χ3n) is 3.56. The second-order valence-electron chi connectivity index (χ2n) is 4.86. The lowest BCUT2D eigenvalue weighted by Crippen LogP contribution is -2.27. The number of benzene rings is 2. The average molecular weight is 241 g/mol. The van der Waals surface area contributed by atoms with Gasteiger partial charge in [-0.3, -0.25) is 0 Å². The Morgan fingerprint density at radius 2 is 1.67 bits per heavy atom. The summed E-state index contributed by atoms with van der Waals surface area (Å²) in [6.45, 7) is 0. The van der Waals surface area contributed by atoms with E-state index in [2.05, 4.69) is 29.6 Å². The zero-order valence-electron chi connectivity index (χ0n) is 10.2. The minimum Gasteiger partial charge on any atom is -0.382 e. The van der Waals surface area contributed by atoms with E-state index in [9.17, 15) is 4.39 Å². The van der Waals surface area contributed by atoms with E-state index in [0.717, 1.165) is 24.9 Å². The Kier molecular flexibility index (Phi) is 3.01. The molecule has 0 bridgehead atoms. The first-order chi connectivity index (χ1) is 8.81. The molecular weight excluding hydrogens is 225 g/mol.